The SMILES string of the molecule is O=C(CN1CCN(c2ncc(Br)cn2)CC1)N1CCN(C2CCCC2)CC1. The topological polar surface area (TPSA) is 55.8 Å². The van der Waals surface area contributed by atoms with Crippen molar-refractivity contribution in [2.24, 2.45) is 0 Å². The van der Waals surface area contributed by atoms with Gasteiger partial charge in [-0.15, -0.1) is 0 Å². The summed E-state index contributed by atoms with van der Waals surface area (Å²) in [6, 6.07) is 0.774. The number of carbonyl (C=O) groups is 1. The Balaban J connectivity index is 1.20. The van der Waals surface area contributed by atoms with Crippen LogP contribution < -0.4 is 4.90 Å². The summed E-state index contributed by atoms with van der Waals surface area (Å²) in [4.78, 5) is 30.6. The second-order valence-electron chi connectivity index (χ2n) is 7.82. The van der Waals surface area contributed by atoms with Gasteiger partial charge in [0.1, 0.15) is 0 Å². The van der Waals surface area contributed by atoms with Crippen LogP contribution in [-0.4, -0.2) is 95.5 Å². The normalized spacial score (nSPS) is 23.1. The van der Waals surface area contributed by atoms with Crippen molar-refractivity contribution in [1.29, 1.82) is 0 Å². The van der Waals surface area contributed by atoms with Crippen LogP contribution in [0.25, 0.3) is 0 Å². The zero-order valence-electron chi connectivity index (χ0n) is 15.9. The lowest BCUT2D eigenvalue weighted by Gasteiger charge is -2.39. The van der Waals surface area contributed by atoms with Crippen LogP contribution in [0, 0.1) is 0 Å². The molecule has 8 heteroatoms. The van der Waals surface area contributed by atoms with Gasteiger partial charge in [-0.05, 0) is 28.8 Å². The fourth-order valence-electron chi connectivity index (χ4n) is 4.47. The minimum Gasteiger partial charge on any atom is -0.339 e. The number of hydrogen-bond donors (Lipinski definition) is 0. The molecular formula is C19H29BrN6O. The Morgan fingerprint density at radius 1 is 0.963 bits per heavy atom. The Morgan fingerprint density at radius 3 is 2.22 bits per heavy atom. The Hall–Kier alpha value is -1.25. The first-order valence-electron chi connectivity index (χ1n) is 10.2. The zero-order chi connectivity index (χ0) is 18.6. The quantitative estimate of drug-likeness (QED) is 0.711. The van der Waals surface area contributed by atoms with E-state index < -0.39 is 0 Å². The third kappa shape index (κ3) is 4.78. The van der Waals surface area contributed by atoms with E-state index in [9.17, 15) is 4.79 Å². The molecule has 0 unspecified atom stereocenters. The Labute approximate surface area is 169 Å². The van der Waals surface area contributed by atoms with Gasteiger partial charge < -0.3 is 9.80 Å². The maximum atomic E-state index is 12.7. The first-order valence-corrected chi connectivity index (χ1v) is 10.9. The van der Waals surface area contributed by atoms with Crippen molar-refractivity contribution in [3.05, 3.63) is 16.9 Å². The van der Waals surface area contributed by atoms with E-state index in [1.54, 1.807) is 12.4 Å². The predicted octanol–water partition coefficient (Wildman–Crippen LogP) is 1.45. The number of piperazine rings is 2. The largest absolute Gasteiger partial charge is 0.339 e. The number of hydrogen-bond acceptors (Lipinski definition) is 6. The van der Waals surface area contributed by atoms with Crippen LogP contribution >= 0.6 is 15.9 Å². The van der Waals surface area contributed by atoms with Crippen molar-refractivity contribution in [2.75, 3.05) is 63.8 Å². The molecule has 4 rings (SSSR count). The molecule has 148 valence electrons. The highest BCUT2D eigenvalue weighted by molar-refractivity contribution is 9.10. The summed E-state index contributed by atoms with van der Waals surface area (Å²) in [6.45, 7) is 7.91. The van der Waals surface area contributed by atoms with Gasteiger partial charge in [-0.2, -0.15) is 0 Å². The monoisotopic (exact) mass is 436 g/mol. The Morgan fingerprint density at radius 2 is 1.59 bits per heavy atom. The van der Waals surface area contributed by atoms with E-state index in [4.69, 9.17) is 0 Å². The van der Waals surface area contributed by atoms with Crippen molar-refractivity contribution in [1.82, 2.24) is 24.7 Å². The molecule has 0 aromatic carbocycles. The van der Waals surface area contributed by atoms with Gasteiger partial charge in [-0.25, -0.2) is 9.97 Å². The second-order valence-corrected chi connectivity index (χ2v) is 8.74. The van der Waals surface area contributed by atoms with Crippen molar-refractivity contribution in [2.45, 2.75) is 31.7 Å². The molecule has 1 saturated carbocycles. The van der Waals surface area contributed by atoms with E-state index in [1.165, 1.54) is 25.7 Å². The van der Waals surface area contributed by atoms with E-state index >= 15 is 0 Å². The molecule has 1 amide bonds. The summed E-state index contributed by atoms with van der Waals surface area (Å²) >= 11 is 3.37. The van der Waals surface area contributed by atoms with Gasteiger partial charge in [0.05, 0.1) is 11.0 Å². The highest BCUT2D eigenvalue weighted by atomic mass is 79.9. The molecule has 0 N–H and O–H groups in total. The molecule has 27 heavy (non-hydrogen) atoms. The third-order valence-electron chi connectivity index (χ3n) is 6.13. The molecule has 1 aromatic rings. The minimum absolute atomic E-state index is 0.286. The molecular weight excluding hydrogens is 408 g/mol. The zero-order valence-corrected chi connectivity index (χ0v) is 17.5. The van der Waals surface area contributed by atoms with Gasteiger partial charge in [0, 0.05) is 70.8 Å². The standard InChI is InChI=1S/C19H29BrN6O/c20-16-13-21-19(22-14-16)26-7-5-23(6-8-26)15-18(27)25-11-9-24(10-12-25)17-3-1-2-4-17/h13-14,17H,1-12,15H2. The molecule has 7 nitrogen and oxygen atoms in total. The number of anilines is 1. The van der Waals surface area contributed by atoms with E-state index in [0.717, 1.165) is 68.8 Å². The smallest absolute Gasteiger partial charge is 0.236 e. The lowest BCUT2D eigenvalue weighted by molar-refractivity contribution is -0.134. The average Bonchev–Trinajstić information content (AvgIpc) is 3.24. The molecule has 3 aliphatic rings. The van der Waals surface area contributed by atoms with Crippen molar-refractivity contribution < 1.29 is 4.79 Å². The van der Waals surface area contributed by atoms with Crippen molar-refractivity contribution >= 4 is 27.8 Å². The Kier molecular flexibility index (Phi) is 6.24. The minimum atomic E-state index is 0.286. The van der Waals surface area contributed by atoms with Crippen LogP contribution in [0.2, 0.25) is 0 Å². The number of aromatic nitrogens is 2. The molecule has 0 spiro atoms. The van der Waals surface area contributed by atoms with Gasteiger partial charge in [-0.1, -0.05) is 12.8 Å². The van der Waals surface area contributed by atoms with Gasteiger partial charge in [0.25, 0.3) is 0 Å². The van der Waals surface area contributed by atoms with Gasteiger partial charge in [0.2, 0.25) is 11.9 Å². The van der Waals surface area contributed by atoms with Crippen LogP contribution in [0.4, 0.5) is 5.95 Å². The molecule has 1 aromatic heterocycles. The number of amides is 1. The van der Waals surface area contributed by atoms with Gasteiger partial charge in [0.15, 0.2) is 0 Å². The summed E-state index contributed by atoms with van der Waals surface area (Å²) in [5.74, 6) is 1.06. The summed E-state index contributed by atoms with van der Waals surface area (Å²) < 4.78 is 0.892. The van der Waals surface area contributed by atoms with Crippen LogP contribution in [0.3, 0.4) is 0 Å². The third-order valence-corrected chi connectivity index (χ3v) is 6.54. The highest BCUT2D eigenvalue weighted by Gasteiger charge is 2.29. The predicted molar refractivity (Wildman–Crippen MR) is 109 cm³/mol. The Bertz CT molecular complexity index is 620. The van der Waals surface area contributed by atoms with E-state index in [-0.39, 0.29) is 5.91 Å². The lowest BCUT2D eigenvalue weighted by Crippen LogP contribution is -2.55. The molecule has 0 radical (unpaired) electrons. The first kappa shape index (κ1) is 19.1. The molecule has 1 aliphatic carbocycles. The summed E-state index contributed by atoms with van der Waals surface area (Å²) in [6.07, 6.45) is 9.01. The van der Waals surface area contributed by atoms with E-state index in [1.807, 2.05) is 0 Å². The van der Waals surface area contributed by atoms with Crippen molar-refractivity contribution in [3.8, 4) is 0 Å². The fraction of sp³-hybridized carbons (Fsp3) is 0.737. The number of nitrogens with zero attached hydrogens (tertiary/aromatic N) is 6. The van der Waals surface area contributed by atoms with Crippen LogP contribution in [-0.2, 0) is 4.79 Å². The molecule has 0 atom stereocenters. The number of halogens is 1. The summed E-state index contributed by atoms with van der Waals surface area (Å²) in [5, 5.41) is 0. The van der Waals surface area contributed by atoms with Crippen LogP contribution in [0.1, 0.15) is 25.7 Å². The van der Waals surface area contributed by atoms with Crippen molar-refractivity contribution in [3.63, 3.8) is 0 Å². The van der Waals surface area contributed by atoms with Crippen LogP contribution in [0.15, 0.2) is 16.9 Å². The summed E-state index contributed by atoms with van der Waals surface area (Å²) in [5.41, 5.74) is 0. The van der Waals surface area contributed by atoms with Crippen LogP contribution in [0.5, 0.6) is 0 Å². The second kappa shape index (κ2) is 8.84. The number of rotatable bonds is 4. The number of carbonyl (C=O) groups excluding carboxylic acids is 1. The molecule has 2 saturated heterocycles. The van der Waals surface area contributed by atoms with E-state index in [0.29, 0.717) is 6.54 Å². The fourth-order valence-corrected chi connectivity index (χ4v) is 4.68. The maximum absolute atomic E-state index is 12.7. The maximum Gasteiger partial charge on any atom is 0.236 e. The molecule has 3 heterocycles. The van der Waals surface area contributed by atoms with E-state index in [2.05, 4.69) is 45.5 Å². The molecule has 3 fully saturated rings. The molecule has 0 bridgehead atoms. The lowest BCUT2D eigenvalue weighted by atomic mass is 10.2. The van der Waals surface area contributed by atoms with Gasteiger partial charge in [-0.3, -0.25) is 14.6 Å². The highest BCUT2D eigenvalue weighted by Crippen LogP contribution is 2.24. The first-order chi connectivity index (χ1) is 13.2. The van der Waals surface area contributed by atoms with Gasteiger partial charge >= 0.3 is 0 Å². The average molecular weight is 437 g/mol. The summed E-state index contributed by atoms with van der Waals surface area (Å²) in [7, 11) is 0. The molecule has 2 aliphatic heterocycles.